The molecule has 36 heavy (non-hydrogen) atoms. The fraction of sp³-hybridized carbons (Fsp3) is 0.231. The summed E-state index contributed by atoms with van der Waals surface area (Å²) in [6.07, 6.45) is 1.30. The third-order valence-corrected chi connectivity index (χ3v) is 7.51. The molecule has 4 rings (SSSR count). The van der Waals surface area contributed by atoms with Crippen molar-refractivity contribution in [2.24, 2.45) is 0 Å². The molecule has 8 nitrogen and oxygen atoms in total. The van der Waals surface area contributed by atoms with E-state index >= 15 is 0 Å². The number of benzene rings is 3. The molecule has 0 radical (unpaired) electrons. The zero-order chi connectivity index (χ0) is 25.9. The smallest absolute Gasteiger partial charge is 0.328 e. The number of hydrogen-bond donors (Lipinski definition) is 3. The van der Waals surface area contributed by atoms with Crippen LogP contribution in [0.1, 0.15) is 23.9 Å². The van der Waals surface area contributed by atoms with Crippen molar-refractivity contribution in [1.29, 1.82) is 0 Å². The molecule has 0 aliphatic rings. The molecule has 0 aliphatic carbocycles. The quantitative estimate of drug-likeness (QED) is 0.306. The number of rotatable bonds is 8. The van der Waals surface area contributed by atoms with Crippen molar-refractivity contribution in [3.8, 4) is 5.69 Å². The first kappa shape index (κ1) is 25.5. The molecular weight excluding hydrogens is 498 g/mol. The number of urea groups is 1. The van der Waals surface area contributed by atoms with Gasteiger partial charge in [-0.05, 0) is 55.3 Å². The molecule has 0 fully saturated rings. The van der Waals surface area contributed by atoms with Gasteiger partial charge in [0, 0.05) is 25.7 Å². The number of carbonyl (C=O) groups excluding carboxylic acids is 1. The maximum Gasteiger partial charge on any atom is 0.328 e. The van der Waals surface area contributed by atoms with Crippen molar-refractivity contribution in [1.82, 2.24) is 19.6 Å². The summed E-state index contributed by atoms with van der Waals surface area (Å²) >= 11 is 6.42. The van der Waals surface area contributed by atoms with Gasteiger partial charge in [0.25, 0.3) is 10.0 Å². The second-order valence-electron chi connectivity index (χ2n) is 8.38. The van der Waals surface area contributed by atoms with E-state index in [-0.39, 0.29) is 11.4 Å². The van der Waals surface area contributed by atoms with E-state index in [4.69, 9.17) is 16.6 Å². The summed E-state index contributed by atoms with van der Waals surface area (Å²) in [7, 11) is -2.09. The van der Waals surface area contributed by atoms with Gasteiger partial charge in [0.15, 0.2) is 0 Å². The van der Waals surface area contributed by atoms with E-state index in [9.17, 15) is 13.2 Å². The molecule has 10 heteroatoms. The molecule has 0 spiro atoms. The predicted octanol–water partition coefficient (Wildman–Crippen LogP) is 4.82. The van der Waals surface area contributed by atoms with E-state index in [2.05, 4.69) is 22.1 Å². The minimum Gasteiger partial charge on any atom is -0.387 e. The highest BCUT2D eigenvalue weighted by molar-refractivity contribution is 7.90. The van der Waals surface area contributed by atoms with Crippen LogP contribution in [0.25, 0.3) is 16.7 Å². The number of aryl methyl sites for hydroxylation is 2. The predicted molar refractivity (Wildman–Crippen MR) is 144 cm³/mol. The number of sulfonamides is 1. The normalized spacial score (nSPS) is 11.4. The Morgan fingerprint density at radius 2 is 1.75 bits per heavy atom. The SMILES string of the molecule is CCc1nc2cc(NC)c(Cl)cc2n1-c1ccc(CCNC(=O)NS(=O)(=O)c2ccc(C)cc2)cc1. The number of nitrogens with zero attached hydrogens (tertiary/aromatic N) is 2. The number of halogens is 1. The van der Waals surface area contributed by atoms with Crippen molar-refractivity contribution in [3.05, 3.63) is 82.6 Å². The average Bonchev–Trinajstić information content (AvgIpc) is 3.21. The first-order valence-corrected chi connectivity index (χ1v) is 13.4. The number of nitrogens with one attached hydrogen (secondary N) is 3. The third-order valence-electron chi connectivity index (χ3n) is 5.85. The molecule has 2 amide bonds. The summed E-state index contributed by atoms with van der Waals surface area (Å²) in [6.45, 7) is 4.20. The monoisotopic (exact) mass is 525 g/mol. The van der Waals surface area contributed by atoms with E-state index in [1.165, 1.54) is 12.1 Å². The summed E-state index contributed by atoms with van der Waals surface area (Å²) in [4.78, 5) is 16.9. The lowest BCUT2D eigenvalue weighted by Crippen LogP contribution is -2.40. The molecular formula is C26H28ClN5O3S. The summed E-state index contributed by atoms with van der Waals surface area (Å²) in [5, 5.41) is 6.31. The molecule has 0 atom stereocenters. The van der Waals surface area contributed by atoms with Crippen LogP contribution in [0.2, 0.25) is 5.02 Å². The molecule has 3 aromatic carbocycles. The molecule has 0 aliphatic heterocycles. The number of aromatic nitrogens is 2. The van der Waals surface area contributed by atoms with Gasteiger partial charge in [-0.25, -0.2) is 22.9 Å². The summed E-state index contributed by atoms with van der Waals surface area (Å²) in [6, 6.07) is 17.3. The van der Waals surface area contributed by atoms with Crippen LogP contribution in [-0.4, -0.2) is 37.6 Å². The van der Waals surface area contributed by atoms with Crippen molar-refractivity contribution in [2.45, 2.75) is 31.6 Å². The van der Waals surface area contributed by atoms with Crippen molar-refractivity contribution in [2.75, 3.05) is 18.9 Å². The van der Waals surface area contributed by atoms with Gasteiger partial charge in [0.2, 0.25) is 0 Å². The van der Waals surface area contributed by atoms with Gasteiger partial charge in [-0.1, -0.05) is 48.4 Å². The van der Waals surface area contributed by atoms with Gasteiger partial charge in [-0.3, -0.25) is 4.57 Å². The zero-order valence-electron chi connectivity index (χ0n) is 20.3. The van der Waals surface area contributed by atoms with E-state index in [0.29, 0.717) is 11.4 Å². The number of hydrogen-bond acceptors (Lipinski definition) is 5. The fourth-order valence-electron chi connectivity index (χ4n) is 3.93. The molecule has 4 aromatic rings. The summed E-state index contributed by atoms with van der Waals surface area (Å²) < 4.78 is 28.8. The van der Waals surface area contributed by atoms with Gasteiger partial charge in [0.1, 0.15) is 5.82 Å². The minimum absolute atomic E-state index is 0.0424. The Labute approximate surface area is 215 Å². The van der Waals surface area contributed by atoms with Crippen molar-refractivity contribution >= 4 is 44.4 Å². The Hall–Kier alpha value is -3.56. The van der Waals surface area contributed by atoms with E-state index in [1.807, 2.05) is 55.1 Å². The number of anilines is 1. The Morgan fingerprint density at radius 3 is 2.39 bits per heavy atom. The maximum absolute atomic E-state index is 12.3. The topological polar surface area (TPSA) is 105 Å². The van der Waals surface area contributed by atoms with Crippen LogP contribution >= 0.6 is 11.6 Å². The molecule has 3 N–H and O–H groups in total. The highest BCUT2D eigenvalue weighted by atomic mass is 35.5. The minimum atomic E-state index is -3.92. The number of carbonyl (C=O) groups is 1. The van der Waals surface area contributed by atoms with Crippen LogP contribution in [0.5, 0.6) is 0 Å². The van der Waals surface area contributed by atoms with Crippen molar-refractivity contribution < 1.29 is 13.2 Å². The second-order valence-corrected chi connectivity index (χ2v) is 10.5. The Balaban J connectivity index is 1.41. The van der Waals surface area contributed by atoms with Crippen molar-refractivity contribution in [3.63, 3.8) is 0 Å². The Kier molecular flexibility index (Phi) is 7.51. The van der Waals surface area contributed by atoms with Gasteiger partial charge in [-0.15, -0.1) is 0 Å². The first-order chi connectivity index (χ1) is 17.2. The van der Waals surface area contributed by atoms with Crippen LogP contribution in [0.4, 0.5) is 10.5 Å². The van der Waals surface area contributed by atoms with Gasteiger partial charge in [0.05, 0.1) is 26.6 Å². The highest BCUT2D eigenvalue weighted by Crippen LogP contribution is 2.30. The molecule has 0 saturated carbocycles. The summed E-state index contributed by atoms with van der Waals surface area (Å²) in [5.74, 6) is 0.926. The van der Waals surface area contributed by atoms with E-state index < -0.39 is 16.1 Å². The lowest BCUT2D eigenvalue weighted by atomic mass is 10.1. The Bertz CT molecular complexity index is 1500. The van der Waals surface area contributed by atoms with Crippen LogP contribution < -0.4 is 15.4 Å². The van der Waals surface area contributed by atoms with Crippen LogP contribution in [-0.2, 0) is 22.9 Å². The van der Waals surface area contributed by atoms with Crippen LogP contribution in [0.15, 0.2) is 65.6 Å². The molecule has 0 unspecified atom stereocenters. The molecule has 0 saturated heterocycles. The van der Waals surface area contributed by atoms with E-state index in [1.54, 1.807) is 12.1 Å². The number of imidazole rings is 1. The average molecular weight is 526 g/mol. The maximum atomic E-state index is 12.3. The number of amides is 2. The third kappa shape index (κ3) is 5.47. The van der Waals surface area contributed by atoms with E-state index in [0.717, 1.165) is 45.8 Å². The molecule has 1 heterocycles. The number of fused-ring (bicyclic) bond motifs is 1. The fourth-order valence-corrected chi connectivity index (χ4v) is 5.11. The highest BCUT2D eigenvalue weighted by Gasteiger charge is 2.17. The lowest BCUT2D eigenvalue weighted by Gasteiger charge is -2.11. The first-order valence-electron chi connectivity index (χ1n) is 11.6. The molecule has 0 bridgehead atoms. The van der Waals surface area contributed by atoms with Crippen LogP contribution in [0.3, 0.4) is 0 Å². The second kappa shape index (κ2) is 10.6. The van der Waals surface area contributed by atoms with Gasteiger partial charge in [-0.2, -0.15) is 0 Å². The largest absolute Gasteiger partial charge is 0.387 e. The lowest BCUT2D eigenvalue weighted by molar-refractivity contribution is 0.246. The van der Waals surface area contributed by atoms with Crippen LogP contribution in [0, 0.1) is 6.92 Å². The molecule has 1 aromatic heterocycles. The van der Waals surface area contributed by atoms with Gasteiger partial charge >= 0.3 is 6.03 Å². The standard InChI is InChI=1S/C26H28ClN5O3S/c1-4-25-30-23-16-22(28-3)21(27)15-24(23)32(25)19-9-7-18(8-10-19)13-14-29-26(33)31-36(34,35)20-11-5-17(2)6-12-20/h5-12,15-16,28H,4,13-14H2,1-3H3,(H2,29,31,33). The Morgan fingerprint density at radius 1 is 1.06 bits per heavy atom. The molecule has 188 valence electrons. The van der Waals surface area contributed by atoms with Gasteiger partial charge < -0.3 is 10.6 Å². The summed E-state index contributed by atoms with van der Waals surface area (Å²) in [5.41, 5.74) is 5.51. The zero-order valence-corrected chi connectivity index (χ0v) is 21.9.